The number of allylic oxidation sites excluding steroid dienone is 2. The van der Waals surface area contributed by atoms with Crippen molar-refractivity contribution in [3.05, 3.63) is 41.0 Å². The van der Waals surface area contributed by atoms with Crippen molar-refractivity contribution in [1.82, 2.24) is 14.9 Å². The maximum atomic E-state index is 12.7. The van der Waals surface area contributed by atoms with E-state index in [0.29, 0.717) is 41.4 Å². The molecule has 10 heteroatoms. The average molecular weight is 433 g/mol. The summed E-state index contributed by atoms with van der Waals surface area (Å²) in [5.41, 5.74) is 0.723. The number of hydrogen-bond donors (Lipinski definition) is 1. The first kappa shape index (κ1) is 21.5. The molecule has 30 heavy (non-hydrogen) atoms. The van der Waals surface area contributed by atoms with E-state index in [-0.39, 0.29) is 22.2 Å². The third-order valence-corrected chi connectivity index (χ3v) is 4.68. The topological polar surface area (TPSA) is 103 Å². The normalized spacial score (nSPS) is 14.1. The van der Waals surface area contributed by atoms with E-state index < -0.39 is 5.78 Å². The molecular formula is C20H21ClN4O5. The molecule has 9 nitrogen and oxygen atoms in total. The van der Waals surface area contributed by atoms with Crippen molar-refractivity contribution in [1.29, 1.82) is 0 Å². The monoisotopic (exact) mass is 432 g/mol. The van der Waals surface area contributed by atoms with Crippen molar-refractivity contribution in [3.8, 4) is 11.5 Å². The molecule has 0 saturated carbocycles. The molecule has 1 heterocycles. The standard InChI is InChI=1S/C20H21ClN4O5/c1-25(2)18-14(26)8-13(19(27)17(18)21)24-20-11-7-15(29-4)16(30-6-5-28-3)9-12(11)22-10-23-20/h7-10H,5-6H2,1-4H3,(H,22,23,24). The number of carbonyl (C=O) groups excluding carboxylic acids is 2. The van der Waals surface area contributed by atoms with Crippen LogP contribution in [0.2, 0.25) is 0 Å². The lowest BCUT2D eigenvalue weighted by atomic mass is 10.1. The van der Waals surface area contributed by atoms with E-state index in [1.165, 1.54) is 24.4 Å². The van der Waals surface area contributed by atoms with Crippen LogP contribution in [0.3, 0.4) is 0 Å². The molecule has 0 spiro atoms. The highest BCUT2D eigenvalue weighted by Gasteiger charge is 2.29. The zero-order valence-electron chi connectivity index (χ0n) is 17.0. The van der Waals surface area contributed by atoms with Gasteiger partial charge in [0.25, 0.3) is 0 Å². The van der Waals surface area contributed by atoms with Crippen molar-refractivity contribution in [3.63, 3.8) is 0 Å². The first-order valence-corrected chi connectivity index (χ1v) is 9.34. The molecule has 158 valence electrons. The minimum absolute atomic E-state index is 0.0231. The van der Waals surface area contributed by atoms with Crippen molar-refractivity contribution in [2.24, 2.45) is 0 Å². The molecule has 1 aromatic heterocycles. The van der Waals surface area contributed by atoms with E-state index in [1.807, 2.05) is 0 Å². The summed E-state index contributed by atoms with van der Waals surface area (Å²) in [6.07, 6.45) is 2.55. The number of aromatic nitrogens is 2. The number of Topliss-reactive ketones (excluding diaryl/α,β-unsaturated/α-hetero) is 1. The van der Waals surface area contributed by atoms with Crippen molar-refractivity contribution in [2.75, 3.05) is 46.8 Å². The van der Waals surface area contributed by atoms with E-state index in [0.717, 1.165) is 0 Å². The molecule has 1 aliphatic carbocycles. The predicted octanol–water partition coefficient (Wildman–Crippen LogP) is 2.12. The fourth-order valence-corrected chi connectivity index (χ4v) is 3.27. The lowest BCUT2D eigenvalue weighted by molar-refractivity contribution is -0.116. The van der Waals surface area contributed by atoms with E-state index in [2.05, 4.69) is 15.3 Å². The molecule has 0 saturated heterocycles. The highest BCUT2D eigenvalue weighted by atomic mass is 35.5. The molecule has 3 rings (SSSR count). The van der Waals surface area contributed by atoms with Crippen molar-refractivity contribution in [2.45, 2.75) is 0 Å². The smallest absolute Gasteiger partial charge is 0.222 e. The van der Waals surface area contributed by atoms with Crippen LogP contribution >= 0.6 is 11.6 Å². The van der Waals surface area contributed by atoms with Crippen LogP contribution in [0.15, 0.2) is 41.0 Å². The first-order chi connectivity index (χ1) is 14.4. The summed E-state index contributed by atoms with van der Waals surface area (Å²) in [6, 6.07) is 3.40. The second-order valence-corrected chi connectivity index (χ2v) is 6.90. The Labute approximate surface area is 178 Å². The van der Waals surface area contributed by atoms with Gasteiger partial charge in [-0.25, -0.2) is 9.97 Å². The number of rotatable bonds is 8. The lowest BCUT2D eigenvalue weighted by Crippen LogP contribution is -2.28. The lowest BCUT2D eigenvalue weighted by Gasteiger charge is -2.21. The van der Waals surface area contributed by atoms with Gasteiger partial charge in [-0.15, -0.1) is 0 Å². The van der Waals surface area contributed by atoms with Gasteiger partial charge < -0.3 is 24.4 Å². The van der Waals surface area contributed by atoms with Gasteiger partial charge in [0.05, 0.1) is 24.9 Å². The van der Waals surface area contributed by atoms with E-state index >= 15 is 0 Å². The molecule has 0 unspecified atom stereocenters. The number of halogens is 1. The molecule has 2 aromatic rings. The minimum atomic E-state index is -0.502. The van der Waals surface area contributed by atoms with Gasteiger partial charge in [-0.05, 0) is 6.07 Å². The number of carbonyl (C=O) groups is 2. The van der Waals surface area contributed by atoms with Crippen LogP contribution in [0.1, 0.15) is 0 Å². The number of nitrogens with zero attached hydrogens (tertiary/aromatic N) is 3. The maximum Gasteiger partial charge on any atom is 0.222 e. The minimum Gasteiger partial charge on any atom is -0.493 e. The third kappa shape index (κ3) is 4.22. The van der Waals surface area contributed by atoms with Crippen LogP contribution in [0.4, 0.5) is 5.82 Å². The van der Waals surface area contributed by atoms with Crippen LogP contribution in [0.5, 0.6) is 11.5 Å². The Kier molecular flexibility index (Phi) is 6.53. The summed E-state index contributed by atoms with van der Waals surface area (Å²) in [5.74, 6) is 0.405. The quantitative estimate of drug-likeness (QED) is 0.496. The van der Waals surface area contributed by atoms with Gasteiger partial charge in [0.15, 0.2) is 11.5 Å². The number of ether oxygens (including phenoxy) is 3. The summed E-state index contributed by atoms with van der Waals surface area (Å²) in [7, 11) is 6.39. The molecule has 0 atom stereocenters. The molecule has 0 bridgehead atoms. The Bertz CT molecular complexity index is 1060. The zero-order chi connectivity index (χ0) is 21.8. The largest absolute Gasteiger partial charge is 0.493 e. The van der Waals surface area contributed by atoms with Gasteiger partial charge in [-0.2, -0.15) is 0 Å². The van der Waals surface area contributed by atoms with Gasteiger partial charge in [-0.1, -0.05) is 11.6 Å². The number of benzene rings is 1. The number of hydrogen-bond acceptors (Lipinski definition) is 9. The SMILES string of the molecule is COCCOc1cc2ncnc(NC3=CC(=O)C(N(C)C)=C(Cl)C3=O)c2cc1OC. The van der Waals surface area contributed by atoms with Crippen molar-refractivity contribution < 1.29 is 23.8 Å². The maximum absolute atomic E-state index is 12.7. The number of ketones is 2. The molecule has 0 aliphatic heterocycles. The summed E-state index contributed by atoms with van der Waals surface area (Å²) < 4.78 is 16.1. The summed E-state index contributed by atoms with van der Waals surface area (Å²) in [4.78, 5) is 35.0. The fraction of sp³-hybridized carbons (Fsp3) is 0.300. The average Bonchev–Trinajstić information content (AvgIpc) is 2.71. The Morgan fingerprint density at radius 2 is 1.87 bits per heavy atom. The Morgan fingerprint density at radius 3 is 2.53 bits per heavy atom. The molecule has 1 aromatic carbocycles. The summed E-state index contributed by atoms with van der Waals surface area (Å²) >= 11 is 6.14. The molecule has 0 amide bonds. The Balaban J connectivity index is 1.96. The van der Waals surface area contributed by atoms with Crippen LogP contribution in [0.25, 0.3) is 10.9 Å². The first-order valence-electron chi connectivity index (χ1n) is 8.96. The second kappa shape index (κ2) is 9.10. The van der Waals surface area contributed by atoms with Gasteiger partial charge in [-0.3, -0.25) is 9.59 Å². The number of likely N-dealkylation sites (N-methyl/N-ethyl adjacent to an activating group) is 1. The van der Waals surface area contributed by atoms with Crippen LogP contribution in [-0.4, -0.2) is 68.0 Å². The van der Waals surface area contributed by atoms with Gasteiger partial charge in [0, 0.05) is 38.7 Å². The van der Waals surface area contributed by atoms with E-state index in [1.54, 1.807) is 33.3 Å². The zero-order valence-corrected chi connectivity index (χ0v) is 17.7. The molecule has 1 aliphatic rings. The second-order valence-electron chi connectivity index (χ2n) is 6.52. The third-order valence-electron chi connectivity index (χ3n) is 4.33. The Hall–Kier alpha value is -3.17. The van der Waals surface area contributed by atoms with Crippen LogP contribution in [-0.2, 0) is 14.3 Å². The molecule has 0 fully saturated rings. The van der Waals surface area contributed by atoms with E-state index in [9.17, 15) is 9.59 Å². The highest BCUT2D eigenvalue weighted by molar-refractivity contribution is 6.49. The summed E-state index contributed by atoms with van der Waals surface area (Å²) in [6.45, 7) is 0.766. The Morgan fingerprint density at radius 1 is 1.10 bits per heavy atom. The van der Waals surface area contributed by atoms with Crippen LogP contribution in [0, 0.1) is 0 Å². The summed E-state index contributed by atoms with van der Waals surface area (Å²) in [5, 5.41) is 3.33. The number of methoxy groups -OCH3 is 2. The highest BCUT2D eigenvalue weighted by Crippen LogP contribution is 2.35. The molecule has 0 radical (unpaired) electrons. The number of anilines is 1. The number of fused-ring (bicyclic) bond motifs is 1. The van der Waals surface area contributed by atoms with E-state index in [4.69, 9.17) is 25.8 Å². The van der Waals surface area contributed by atoms with Gasteiger partial charge >= 0.3 is 0 Å². The molecular weight excluding hydrogens is 412 g/mol. The van der Waals surface area contributed by atoms with Crippen molar-refractivity contribution >= 4 is 39.9 Å². The van der Waals surface area contributed by atoms with Gasteiger partial charge in [0.2, 0.25) is 11.6 Å². The molecule has 1 N–H and O–H groups in total. The van der Waals surface area contributed by atoms with Crippen LogP contribution < -0.4 is 14.8 Å². The predicted molar refractivity (Wildman–Crippen MR) is 112 cm³/mol. The van der Waals surface area contributed by atoms with Gasteiger partial charge in [0.1, 0.15) is 29.5 Å². The fourth-order valence-electron chi connectivity index (χ4n) is 2.91. The number of nitrogens with one attached hydrogen (secondary N) is 1.